The molecule has 0 amide bonds. The zero-order valence-corrected chi connectivity index (χ0v) is 8.49. The van der Waals surface area contributed by atoms with Crippen LogP contribution in [0, 0.1) is 5.41 Å². The molecule has 1 fully saturated rings. The number of carbonyl (C=O) groups excluding carboxylic acids is 1. The minimum absolute atomic E-state index is 0.0449. The maximum atomic E-state index is 11.3. The van der Waals surface area contributed by atoms with E-state index in [1.165, 1.54) is 5.56 Å². The topological polar surface area (TPSA) is 30.0 Å². The molecular formula is C12H15NO. The van der Waals surface area contributed by atoms with Crippen molar-refractivity contribution in [2.45, 2.75) is 32.6 Å². The van der Waals surface area contributed by atoms with E-state index in [9.17, 15) is 4.79 Å². The van der Waals surface area contributed by atoms with Gasteiger partial charge in [0.2, 0.25) is 0 Å². The lowest BCUT2D eigenvalue weighted by molar-refractivity contribution is -0.122. The molecule has 2 heteroatoms. The third-order valence-corrected chi connectivity index (χ3v) is 3.24. The molecular weight excluding hydrogens is 174 g/mol. The molecule has 2 nitrogen and oxygen atoms in total. The van der Waals surface area contributed by atoms with Gasteiger partial charge in [0.1, 0.15) is 5.78 Å². The normalized spacial score (nSPS) is 17.8. The van der Waals surface area contributed by atoms with Crippen LogP contribution in [0.1, 0.15) is 31.7 Å². The van der Waals surface area contributed by atoms with Crippen molar-refractivity contribution in [1.82, 2.24) is 4.98 Å². The molecule has 0 atom stereocenters. The highest BCUT2D eigenvalue weighted by molar-refractivity contribution is 5.84. The van der Waals surface area contributed by atoms with Gasteiger partial charge in [0.15, 0.2) is 0 Å². The minimum atomic E-state index is 0.0449. The third kappa shape index (κ3) is 1.84. The van der Waals surface area contributed by atoms with Crippen molar-refractivity contribution in [1.29, 1.82) is 0 Å². The summed E-state index contributed by atoms with van der Waals surface area (Å²) >= 11 is 0. The van der Waals surface area contributed by atoms with Gasteiger partial charge in [-0.15, -0.1) is 0 Å². The van der Waals surface area contributed by atoms with Crippen LogP contribution in [-0.2, 0) is 11.2 Å². The monoisotopic (exact) mass is 189 g/mol. The van der Waals surface area contributed by atoms with Gasteiger partial charge in [-0.25, -0.2) is 0 Å². The summed E-state index contributed by atoms with van der Waals surface area (Å²) in [6.07, 6.45) is 7.81. The fourth-order valence-corrected chi connectivity index (χ4v) is 1.86. The predicted molar refractivity (Wildman–Crippen MR) is 54.9 cm³/mol. The van der Waals surface area contributed by atoms with Crippen molar-refractivity contribution in [2.75, 3.05) is 0 Å². The first-order chi connectivity index (χ1) is 6.73. The van der Waals surface area contributed by atoms with Crippen LogP contribution >= 0.6 is 0 Å². The molecule has 0 radical (unpaired) electrons. The maximum Gasteiger partial charge on any atom is 0.135 e. The summed E-state index contributed by atoms with van der Waals surface area (Å²) in [7, 11) is 0. The fourth-order valence-electron chi connectivity index (χ4n) is 1.86. The van der Waals surface area contributed by atoms with Crippen molar-refractivity contribution in [3.05, 3.63) is 30.1 Å². The van der Waals surface area contributed by atoms with Gasteiger partial charge in [0, 0.05) is 17.8 Å². The molecule has 0 aliphatic heterocycles. The molecule has 0 aromatic carbocycles. The number of ketones is 1. The molecule has 1 aromatic heterocycles. The smallest absolute Gasteiger partial charge is 0.135 e. The summed E-state index contributed by atoms with van der Waals surface area (Å²) in [6.45, 7) is 1.72. The van der Waals surface area contributed by atoms with E-state index in [4.69, 9.17) is 0 Å². The Kier molecular flexibility index (Phi) is 2.36. The number of carbonyl (C=O) groups is 1. The van der Waals surface area contributed by atoms with Gasteiger partial charge in [0.25, 0.3) is 0 Å². The third-order valence-electron chi connectivity index (χ3n) is 3.24. The van der Waals surface area contributed by atoms with Crippen LogP contribution in [0.3, 0.4) is 0 Å². The van der Waals surface area contributed by atoms with Gasteiger partial charge in [-0.2, -0.15) is 0 Å². The number of rotatable bonds is 4. The number of Topliss-reactive ketones (excluding diaryl/α,β-unsaturated/α-hetero) is 1. The molecule has 0 spiro atoms. The van der Waals surface area contributed by atoms with E-state index in [-0.39, 0.29) is 5.41 Å². The Morgan fingerprint density at radius 1 is 1.43 bits per heavy atom. The number of aryl methyl sites for hydroxylation is 1. The van der Waals surface area contributed by atoms with Gasteiger partial charge >= 0.3 is 0 Å². The van der Waals surface area contributed by atoms with Crippen LogP contribution < -0.4 is 0 Å². The standard InChI is InChI=1S/C12H15NO/c1-10(14)12(6-7-12)5-2-11-3-8-13-9-4-11/h3-4,8-9H,2,5-7H2,1H3. The van der Waals surface area contributed by atoms with E-state index in [2.05, 4.69) is 4.98 Å². The van der Waals surface area contributed by atoms with Crippen LogP contribution in [0.25, 0.3) is 0 Å². The Morgan fingerprint density at radius 3 is 2.57 bits per heavy atom. The Labute approximate surface area is 84.4 Å². The van der Waals surface area contributed by atoms with Crippen molar-refractivity contribution < 1.29 is 4.79 Å². The van der Waals surface area contributed by atoms with Crippen molar-refractivity contribution in [3.8, 4) is 0 Å². The van der Waals surface area contributed by atoms with Gasteiger partial charge in [0.05, 0.1) is 0 Å². The number of aromatic nitrogens is 1. The highest BCUT2D eigenvalue weighted by Crippen LogP contribution is 2.50. The van der Waals surface area contributed by atoms with Gasteiger partial charge in [-0.3, -0.25) is 9.78 Å². The summed E-state index contributed by atoms with van der Waals surface area (Å²) in [5, 5.41) is 0. The van der Waals surface area contributed by atoms with E-state index in [1.807, 2.05) is 24.5 Å². The van der Waals surface area contributed by atoms with Crippen molar-refractivity contribution in [3.63, 3.8) is 0 Å². The van der Waals surface area contributed by atoms with Crippen LogP contribution in [0.4, 0.5) is 0 Å². The Balaban J connectivity index is 1.92. The lowest BCUT2D eigenvalue weighted by atomic mass is 9.94. The largest absolute Gasteiger partial charge is 0.299 e. The molecule has 0 saturated heterocycles. The number of nitrogens with zero attached hydrogens (tertiary/aromatic N) is 1. The molecule has 0 bridgehead atoms. The predicted octanol–water partition coefficient (Wildman–Crippen LogP) is 2.38. The molecule has 0 unspecified atom stereocenters. The van der Waals surface area contributed by atoms with E-state index < -0.39 is 0 Å². The molecule has 14 heavy (non-hydrogen) atoms. The van der Waals surface area contributed by atoms with Crippen LogP contribution in [0.2, 0.25) is 0 Å². The van der Waals surface area contributed by atoms with Crippen LogP contribution in [-0.4, -0.2) is 10.8 Å². The maximum absolute atomic E-state index is 11.3. The molecule has 74 valence electrons. The lowest BCUT2D eigenvalue weighted by Crippen LogP contribution is -2.12. The second-order valence-corrected chi connectivity index (χ2v) is 4.19. The first-order valence-electron chi connectivity index (χ1n) is 5.13. The van der Waals surface area contributed by atoms with Gasteiger partial charge in [-0.05, 0) is 50.3 Å². The van der Waals surface area contributed by atoms with E-state index in [0.29, 0.717) is 5.78 Å². The van der Waals surface area contributed by atoms with Crippen LogP contribution in [0.15, 0.2) is 24.5 Å². The highest BCUT2D eigenvalue weighted by atomic mass is 16.1. The Hall–Kier alpha value is -1.18. The first kappa shape index (κ1) is 9.38. The zero-order chi connectivity index (χ0) is 10.0. The molecule has 1 aliphatic carbocycles. The number of pyridine rings is 1. The second kappa shape index (κ2) is 3.52. The van der Waals surface area contributed by atoms with Gasteiger partial charge < -0.3 is 0 Å². The van der Waals surface area contributed by atoms with Crippen molar-refractivity contribution in [2.24, 2.45) is 5.41 Å². The number of hydrogen-bond donors (Lipinski definition) is 0. The quantitative estimate of drug-likeness (QED) is 0.728. The molecule has 0 N–H and O–H groups in total. The molecule has 2 rings (SSSR count). The lowest BCUT2D eigenvalue weighted by Gasteiger charge is -2.10. The average Bonchev–Trinajstić information content (AvgIpc) is 2.97. The first-order valence-corrected chi connectivity index (χ1v) is 5.13. The van der Waals surface area contributed by atoms with E-state index in [0.717, 1.165) is 25.7 Å². The zero-order valence-electron chi connectivity index (χ0n) is 8.49. The number of hydrogen-bond acceptors (Lipinski definition) is 2. The summed E-state index contributed by atoms with van der Waals surface area (Å²) in [6, 6.07) is 4.05. The molecule has 1 heterocycles. The van der Waals surface area contributed by atoms with E-state index >= 15 is 0 Å². The molecule has 1 saturated carbocycles. The Bertz CT molecular complexity index is 327. The van der Waals surface area contributed by atoms with Gasteiger partial charge in [-0.1, -0.05) is 0 Å². The van der Waals surface area contributed by atoms with Crippen molar-refractivity contribution >= 4 is 5.78 Å². The van der Waals surface area contributed by atoms with Crippen LogP contribution in [0.5, 0.6) is 0 Å². The molecule has 1 aromatic rings. The average molecular weight is 189 g/mol. The summed E-state index contributed by atoms with van der Waals surface area (Å²) in [5.74, 6) is 0.367. The SMILES string of the molecule is CC(=O)C1(CCc2ccncc2)CC1. The van der Waals surface area contributed by atoms with E-state index in [1.54, 1.807) is 6.92 Å². The molecule has 1 aliphatic rings. The summed E-state index contributed by atoms with van der Waals surface area (Å²) < 4.78 is 0. The highest BCUT2D eigenvalue weighted by Gasteiger charge is 2.46. The fraction of sp³-hybridized carbons (Fsp3) is 0.500. The minimum Gasteiger partial charge on any atom is -0.299 e. The Morgan fingerprint density at radius 2 is 2.07 bits per heavy atom. The summed E-state index contributed by atoms with van der Waals surface area (Å²) in [4.78, 5) is 15.3. The second-order valence-electron chi connectivity index (χ2n) is 4.19. The summed E-state index contributed by atoms with van der Waals surface area (Å²) in [5.41, 5.74) is 1.33.